The molecule has 0 fully saturated rings. The molecule has 2 aromatic heterocycles. The van der Waals surface area contributed by atoms with Gasteiger partial charge in [0, 0.05) is 6.54 Å². The van der Waals surface area contributed by atoms with Crippen molar-refractivity contribution in [1.82, 2.24) is 9.97 Å². The molecule has 3 rings (SSSR count). The molecule has 0 atom stereocenters. The zero-order valence-corrected chi connectivity index (χ0v) is 11.9. The number of ether oxygens (including phenoxy) is 1. The van der Waals surface area contributed by atoms with Gasteiger partial charge in [0.15, 0.2) is 0 Å². The minimum Gasteiger partial charge on any atom is -0.469 e. The number of furan rings is 1. The fourth-order valence-electron chi connectivity index (χ4n) is 2.01. The van der Waals surface area contributed by atoms with Crippen molar-refractivity contribution in [3.8, 4) is 5.88 Å². The summed E-state index contributed by atoms with van der Waals surface area (Å²) >= 11 is 0. The molecular weight excluding hydrogens is 266 g/mol. The Morgan fingerprint density at radius 1 is 1.14 bits per heavy atom. The Morgan fingerprint density at radius 2 is 2.05 bits per heavy atom. The molecule has 1 N–H and O–H groups in total. The minimum atomic E-state index is 0.348. The van der Waals surface area contributed by atoms with Crippen LogP contribution in [0.2, 0.25) is 0 Å². The van der Waals surface area contributed by atoms with Gasteiger partial charge in [0.2, 0.25) is 11.8 Å². The Bertz CT molecular complexity index is 711. The molecule has 5 nitrogen and oxygen atoms in total. The first kappa shape index (κ1) is 13.4. The number of nitrogens with one attached hydrogen (secondary N) is 1. The van der Waals surface area contributed by atoms with Gasteiger partial charge in [0.25, 0.3) is 0 Å². The molecule has 0 aliphatic carbocycles. The van der Waals surface area contributed by atoms with Crippen LogP contribution in [0.4, 0.5) is 5.95 Å². The molecule has 5 heteroatoms. The van der Waals surface area contributed by atoms with Crippen LogP contribution in [-0.2, 0) is 6.61 Å². The van der Waals surface area contributed by atoms with Crippen molar-refractivity contribution in [3.05, 3.63) is 48.4 Å². The Balaban J connectivity index is 1.90. The third-order valence-corrected chi connectivity index (χ3v) is 3.03. The maximum atomic E-state index is 5.80. The van der Waals surface area contributed by atoms with Crippen LogP contribution < -0.4 is 10.1 Å². The summed E-state index contributed by atoms with van der Waals surface area (Å²) in [4.78, 5) is 8.94. The van der Waals surface area contributed by atoms with Gasteiger partial charge in [0.1, 0.15) is 12.4 Å². The average Bonchev–Trinajstić information content (AvgIpc) is 3.04. The molecule has 0 saturated heterocycles. The maximum absolute atomic E-state index is 5.80. The van der Waals surface area contributed by atoms with Crippen LogP contribution in [0.1, 0.15) is 19.1 Å². The highest BCUT2D eigenvalue weighted by Crippen LogP contribution is 2.24. The van der Waals surface area contributed by atoms with E-state index in [1.54, 1.807) is 6.26 Å². The van der Waals surface area contributed by atoms with Crippen LogP contribution in [0, 0.1) is 0 Å². The molecule has 0 unspecified atom stereocenters. The number of hydrogen-bond donors (Lipinski definition) is 1. The van der Waals surface area contributed by atoms with Gasteiger partial charge in [-0.2, -0.15) is 4.98 Å². The highest BCUT2D eigenvalue weighted by atomic mass is 16.5. The minimum absolute atomic E-state index is 0.348. The molecule has 1 aromatic carbocycles. The fraction of sp³-hybridized carbons (Fsp3) is 0.250. The monoisotopic (exact) mass is 283 g/mol. The molecule has 0 bridgehead atoms. The number of anilines is 1. The maximum Gasteiger partial charge on any atom is 0.226 e. The van der Waals surface area contributed by atoms with Gasteiger partial charge in [0.05, 0.1) is 17.2 Å². The van der Waals surface area contributed by atoms with E-state index in [2.05, 4.69) is 22.2 Å². The van der Waals surface area contributed by atoms with Crippen molar-refractivity contribution < 1.29 is 9.15 Å². The van der Waals surface area contributed by atoms with E-state index in [1.807, 2.05) is 36.4 Å². The fourth-order valence-corrected chi connectivity index (χ4v) is 2.01. The van der Waals surface area contributed by atoms with Crippen molar-refractivity contribution in [2.45, 2.75) is 20.0 Å². The summed E-state index contributed by atoms with van der Waals surface area (Å²) in [5.41, 5.74) is 0.862. The summed E-state index contributed by atoms with van der Waals surface area (Å²) in [6.45, 7) is 3.28. The number of para-hydroxylation sites is 1. The third kappa shape index (κ3) is 3.13. The number of aromatic nitrogens is 2. The second-order valence-corrected chi connectivity index (χ2v) is 4.66. The zero-order chi connectivity index (χ0) is 14.5. The van der Waals surface area contributed by atoms with E-state index in [-0.39, 0.29) is 0 Å². The van der Waals surface area contributed by atoms with Gasteiger partial charge >= 0.3 is 0 Å². The molecule has 21 heavy (non-hydrogen) atoms. The Morgan fingerprint density at radius 3 is 2.86 bits per heavy atom. The Labute approximate surface area is 123 Å². The largest absolute Gasteiger partial charge is 0.469 e. The van der Waals surface area contributed by atoms with E-state index in [0.717, 1.165) is 29.6 Å². The average molecular weight is 283 g/mol. The van der Waals surface area contributed by atoms with Crippen molar-refractivity contribution in [1.29, 1.82) is 0 Å². The lowest BCUT2D eigenvalue weighted by Crippen LogP contribution is -2.06. The number of benzene rings is 1. The number of nitrogens with zero attached hydrogens (tertiary/aromatic N) is 2. The van der Waals surface area contributed by atoms with Crippen LogP contribution in [0.3, 0.4) is 0 Å². The van der Waals surface area contributed by atoms with Crippen LogP contribution in [0.5, 0.6) is 5.88 Å². The summed E-state index contributed by atoms with van der Waals surface area (Å²) in [6.07, 6.45) is 2.64. The number of rotatable bonds is 6. The standard InChI is InChI=1S/C16H17N3O2/c1-2-9-17-16-18-14-8-4-3-7-13(14)15(19-16)21-11-12-6-5-10-20-12/h3-8,10H,2,9,11H2,1H3,(H,17,18,19). The van der Waals surface area contributed by atoms with Gasteiger partial charge in [-0.25, -0.2) is 4.98 Å². The zero-order valence-electron chi connectivity index (χ0n) is 11.9. The SMILES string of the molecule is CCCNc1nc(OCc2ccco2)c2ccccc2n1. The normalized spacial score (nSPS) is 10.7. The molecule has 0 saturated carbocycles. The molecule has 3 aromatic rings. The third-order valence-electron chi connectivity index (χ3n) is 3.03. The van der Waals surface area contributed by atoms with Crippen molar-refractivity contribution in [2.24, 2.45) is 0 Å². The first-order valence-electron chi connectivity index (χ1n) is 7.02. The summed E-state index contributed by atoms with van der Waals surface area (Å²) in [5, 5.41) is 4.09. The Kier molecular flexibility index (Phi) is 4.00. The molecular formula is C16H17N3O2. The lowest BCUT2D eigenvalue weighted by atomic mass is 10.2. The van der Waals surface area contributed by atoms with Crippen molar-refractivity contribution in [3.63, 3.8) is 0 Å². The predicted octanol–water partition coefficient (Wildman–Crippen LogP) is 3.62. The molecule has 0 radical (unpaired) electrons. The van der Waals surface area contributed by atoms with Gasteiger partial charge in [-0.15, -0.1) is 0 Å². The predicted molar refractivity (Wildman–Crippen MR) is 81.4 cm³/mol. The van der Waals surface area contributed by atoms with Gasteiger partial charge < -0.3 is 14.5 Å². The molecule has 0 aliphatic rings. The first-order chi connectivity index (χ1) is 10.4. The van der Waals surface area contributed by atoms with Crippen LogP contribution in [-0.4, -0.2) is 16.5 Å². The van der Waals surface area contributed by atoms with Crippen LogP contribution in [0.15, 0.2) is 47.1 Å². The van der Waals surface area contributed by atoms with E-state index in [0.29, 0.717) is 18.4 Å². The number of fused-ring (bicyclic) bond motifs is 1. The topological polar surface area (TPSA) is 60.2 Å². The molecule has 0 amide bonds. The van der Waals surface area contributed by atoms with Crippen molar-refractivity contribution in [2.75, 3.05) is 11.9 Å². The van der Waals surface area contributed by atoms with E-state index in [4.69, 9.17) is 9.15 Å². The van der Waals surface area contributed by atoms with Crippen LogP contribution in [0.25, 0.3) is 10.9 Å². The van der Waals surface area contributed by atoms with Gasteiger partial charge in [-0.1, -0.05) is 19.1 Å². The molecule has 0 aliphatic heterocycles. The molecule has 0 spiro atoms. The lowest BCUT2D eigenvalue weighted by Gasteiger charge is -2.10. The quantitative estimate of drug-likeness (QED) is 0.748. The van der Waals surface area contributed by atoms with E-state index >= 15 is 0 Å². The molecule has 2 heterocycles. The van der Waals surface area contributed by atoms with Gasteiger partial charge in [-0.3, -0.25) is 0 Å². The van der Waals surface area contributed by atoms with Crippen LogP contribution >= 0.6 is 0 Å². The summed E-state index contributed by atoms with van der Waals surface area (Å²) in [6, 6.07) is 11.5. The highest BCUT2D eigenvalue weighted by molar-refractivity contribution is 5.84. The van der Waals surface area contributed by atoms with E-state index in [9.17, 15) is 0 Å². The van der Waals surface area contributed by atoms with Crippen molar-refractivity contribution >= 4 is 16.9 Å². The summed E-state index contributed by atoms with van der Waals surface area (Å²) in [5.74, 6) is 1.92. The smallest absolute Gasteiger partial charge is 0.226 e. The number of hydrogen-bond acceptors (Lipinski definition) is 5. The van der Waals surface area contributed by atoms with Gasteiger partial charge in [-0.05, 0) is 30.7 Å². The Hall–Kier alpha value is -2.56. The van der Waals surface area contributed by atoms with E-state index in [1.165, 1.54) is 0 Å². The summed E-state index contributed by atoms with van der Waals surface area (Å²) < 4.78 is 11.1. The molecule has 108 valence electrons. The second-order valence-electron chi connectivity index (χ2n) is 4.66. The lowest BCUT2D eigenvalue weighted by molar-refractivity contribution is 0.264. The summed E-state index contributed by atoms with van der Waals surface area (Å²) in [7, 11) is 0. The van der Waals surface area contributed by atoms with E-state index < -0.39 is 0 Å². The second kappa shape index (κ2) is 6.26. The highest BCUT2D eigenvalue weighted by Gasteiger charge is 2.09. The first-order valence-corrected chi connectivity index (χ1v) is 7.02.